The summed E-state index contributed by atoms with van der Waals surface area (Å²) in [5.41, 5.74) is 1.07. The van der Waals surface area contributed by atoms with Crippen molar-refractivity contribution in [3.05, 3.63) is 56.9 Å². The molecular weight excluding hydrogens is 318 g/mol. The maximum atomic E-state index is 12.8. The predicted molar refractivity (Wildman–Crippen MR) is 96.6 cm³/mol. The number of rotatable bonds is 3. The average molecular weight is 337 g/mol. The summed E-state index contributed by atoms with van der Waals surface area (Å²) < 4.78 is 1.13. The van der Waals surface area contributed by atoms with Crippen LogP contribution in [0.3, 0.4) is 0 Å². The van der Waals surface area contributed by atoms with E-state index in [4.69, 9.17) is 0 Å². The Kier molecular flexibility index (Phi) is 3.83. The molecule has 25 heavy (non-hydrogen) atoms. The smallest absolute Gasteiger partial charge is 0.334 e. The molecule has 1 aliphatic rings. The van der Waals surface area contributed by atoms with E-state index in [0.29, 0.717) is 17.0 Å². The number of fused-ring (bicyclic) bond motifs is 1. The molecule has 0 aliphatic carbocycles. The van der Waals surface area contributed by atoms with Crippen LogP contribution in [0.15, 0.2) is 40.1 Å². The number of benzene rings is 1. The van der Waals surface area contributed by atoms with Crippen molar-refractivity contribution in [2.24, 2.45) is 0 Å². The molecule has 1 fully saturated rings. The van der Waals surface area contributed by atoms with Crippen LogP contribution in [0.2, 0.25) is 0 Å². The molecule has 7 nitrogen and oxygen atoms in total. The van der Waals surface area contributed by atoms with Crippen LogP contribution in [0.25, 0.3) is 16.7 Å². The molecule has 4 rings (SSSR count). The fraction of sp³-hybridized carbons (Fsp3) is 0.333. The zero-order valence-corrected chi connectivity index (χ0v) is 14.0. The minimum atomic E-state index is -0.493. The molecule has 1 N–H and O–H groups in total. The predicted octanol–water partition coefficient (Wildman–Crippen LogP) is 1.63. The molecule has 2 aromatic heterocycles. The fourth-order valence-corrected chi connectivity index (χ4v) is 3.18. The molecule has 7 heteroatoms. The van der Waals surface area contributed by atoms with Crippen molar-refractivity contribution in [1.82, 2.24) is 19.5 Å². The fourth-order valence-electron chi connectivity index (χ4n) is 3.18. The van der Waals surface area contributed by atoms with Crippen LogP contribution in [-0.2, 0) is 6.42 Å². The number of aryl methyl sites for hydroxylation is 1. The molecule has 128 valence electrons. The van der Waals surface area contributed by atoms with Crippen LogP contribution >= 0.6 is 0 Å². The Morgan fingerprint density at radius 3 is 2.52 bits per heavy atom. The number of hydrogen-bond acceptors (Lipinski definition) is 5. The Bertz CT molecular complexity index is 1030. The summed E-state index contributed by atoms with van der Waals surface area (Å²) in [6, 6.07) is 7.39. The minimum absolute atomic E-state index is 0.285. The lowest BCUT2D eigenvalue weighted by molar-refractivity contribution is 0.873. The highest BCUT2D eigenvalue weighted by atomic mass is 16.2. The summed E-state index contributed by atoms with van der Waals surface area (Å²) in [7, 11) is 0. The van der Waals surface area contributed by atoms with Crippen molar-refractivity contribution in [1.29, 1.82) is 0 Å². The zero-order chi connectivity index (χ0) is 17.4. The standard InChI is InChI=1S/C18H19N5O2/c1-2-12-5-7-13(8-6-12)23-16(24)14-11-19-17(22-9-3-4-10-22)20-15(14)21-18(23)25/h5-8,11H,2-4,9-10H2,1H3,(H,19,20,21,25). The third-order valence-electron chi connectivity index (χ3n) is 4.63. The second-order valence-corrected chi connectivity index (χ2v) is 6.22. The monoisotopic (exact) mass is 337 g/mol. The van der Waals surface area contributed by atoms with E-state index in [-0.39, 0.29) is 5.65 Å². The minimum Gasteiger partial charge on any atom is -0.341 e. The first-order valence-electron chi connectivity index (χ1n) is 8.53. The highest BCUT2D eigenvalue weighted by Crippen LogP contribution is 2.16. The molecule has 0 spiro atoms. The van der Waals surface area contributed by atoms with Crippen LogP contribution in [0.4, 0.5) is 5.95 Å². The molecular formula is C18H19N5O2. The normalized spacial score (nSPS) is 14.4. The van der Waals surface area contributed by atoms with E-state index in [1.54, 1.807) is 12.1 Å². The number of hydrogen-bond donors (Lipinski definition) is 1. The van der Waals surface area contributed by atoms with Crippen molar-refractivity contribution in [2.75, 3.05) is 18.0 Å². The molecule has 0 saturated carbocycles. The van der Waals surface area contributed by atoms with Gasteiger partial charge in [0, 0.05) is 19.3 Å². The van der Waals surface area contributed by atoms with Gasteiger partial charge in [0.05, 0.1) is 5.69 Å². The van der Waals surface area contributed by atoms with E-state index >= 15 is 0 Å². The largest absolute Gasteiger partial charge is 0.341 e. The summed E-state index contributed by atoms with van der Waals surface area (Å²) >= 11 is 0. The van der Waals surface area contributed by atoms with E-state index in [1.165, 1.54) is 6.20 Å². The van der Waals surface area contributed by atoms with Gasteiger partial charge in [0.1, 0.15) is 5.39 Å². The summed E-state index contributed by atoms with van der Waals surface area (Å²) in [5.74, 6) is 0.560. The third kappa shape index (κ3) is 2.71. The van der Waals surface area contributed by atoms with Gasteiger partial charge >= 0.3 is 5.69 Å². The van der Waals surface area contributed by atoms with Crippen molar-refractivity contribution in [3.8, 4) is 5.69 Å². The number of aromatic nitrogens is 4. The number of aromatic amines is 1. The van der Waals surface area contributed by atoms with Crippen molar-refractivity contribution in [3.63, 3.8) is 0 Å². The van der Waals surface area contributed by atoms with Gasteiger partial charge in [0.25, 0.3) is 5.56 Å². The van der Waals surface area contributed by atoms with Gasteiger partial charge < -0.3 is 4.90 Å². The van der Waals surface area contributed by atoms with E-state index in [0.717, 1.165) is 42.5 Å². The van der Waals surface area contributed by atoms with Gasteiger partial charge in [-0.2, -0.15) is 4.98 Å². The van der Waals surface area contributed by atoms with Crippen molar-refractivity contribution in [2.45, 2.75) is 26.2 Å². The lowest BCUT2D eigenvalue weighted by Gasteiger charge is -2.15. The summed E-state index contributed by atoms with van der Waals surface area (Å²) in [4.78, 5) is 38.8. The van der Waals surface area contributed by atoms with Gasteiger partial charge in [-0.05, 0) is 37.0 Å². The van der Waals surface area contributed by atoms with E-state index < -0.39 is 11.2 Å². The Morgan fingerprint density at radius 2 is 1.84 bits per heavy atom. The molecule has 0 bridgehead atoms. The van der Waals surface area contributed by atoms with Gasteiger partial charge in [0.2, 0.25) is 5.95 Å². The second-order valence-electron chi connectivity index (χ2n) is 6.22. The SMILES string of the molecule is CCc1ccc(-n2c(=O)[nH]c3nc(N4CCCC4)ncc3c2=O)cc1. The van der Waals surface area contributed by atoms with Gasteiger partial charge in [-0.15, -0.1) is 0 Å². The zero-order valence-electron chi connectivity index (χ0n) is 14.0. The summed E-state index contributed by atoms with van der Waals surface area (Å²) in [6.07, 6.45) is 4.61. The van der Waals surface area contributed by atoms with E-state index in [9.17, 15) is 9.59 Å². The number of anilines is 1. The van der Waals surface area contributed by atoms with Crippen LogP contribution in [0.1, 0.15) is 25.3 Å². The quantitative estimate of drug-likeness (QED) is 0.785. The molecule has 1 aromatic carbocycles. The molecule has 0 atom stereocenters. The van der Waals surface area contributed by atoms with Gasteiger partial charge in [0.15, 0.2) is 5.65 Å². The van der Waals surface area contributed by atoms with E-state index in [1.807, 2.05) is 12.1 Å². The average Bonchev–Trinajstić information content (AvgIpc) is 3.16. The lowest BCUT2D eigenvalue weighted by atomic mass is 10.1. The lowest BCUT2D eigenvalue weighted by Crippen LogP contribution is -2.34. The van der Waals surface area contributed by atoms with Crippen molar-refractivity contribution < 1.29 is 0 Å². The number of nitrogens with one attached hydrogen (secondary N) is 1. The Morgan fingerprint density at radius 1 is 1.12 bits per heavy atom. The van der Waals surface area contributed by atoms with Crippen molar-refractivity contribution >= 4 is 17.0 Å². The maximum Gasteiger partial charge on any atom is 0.334 e. The molecule has 0 radical (unpaired) electrons. The topological polar surface area (TPSA) is 83.9 Å². The Balaban J connectivity index is 1.85. The van der Waals surface area contributed by atoms with Crippen LogP contribution in [0.5, 0.6) is 0 Å². The summed E-state index contributed by atoms with van der Waals surface area (Å²) in [6.45, 7) is 3.85. The molecule has 3 aromatic rings. The highest BCUT2D eigenvalue weighted by molar-refractivity contribution is 5.73. The van der Waals surface area contributed by atoms with Gasteiger partial charge in [-0.3, -0.25) is 9.78 Å². The summed E-state index contributed by atoms with van der Waals surface area (Å²) in [5, 5.41) is 0.308. The third-order valence-corrected chi connectivity index (χ3v) is 4.63. The van der Waals surface area contributed by atoms with Crippen LogP contribution < -0.4 is 16.1 Å². The van der Waals surface area contributed by atoms with Crippen LogP contribution in [0, 0.1) is 0 Å². The molecule has 3 heterocycles. The highest BCUT2D eigenvalue weighted by Gasteiger charge is 2.17. The first kappa shape index (κ1) is 15.6. The Hall–Kier alpha value is -2.96. The van der Waals surface area contributed by atoms with Crippen LogP contribution in [-0.4, -0.2) is 32.6 Å². The first-order chi connectivity index (χ1) is 12.2. The first-order valence-corrected chi connectivity index (χ1v) is 8.53. The Labute approximate surface area is 144 Å². The molecule has 0 amide bonds. The van der Waals surface area contributed by atoms with Gasteiger partial charge in [-0.25, -0.2) is 14.3 Å². The maximum absolute atomic E-state index is 12.8. The molecule has 1 saturated heterocycles. The second kappa shape index (κ2) is 6.16. The number of H-pyrrole nitrogens is 1. The number of nitrogens with zero attached hydrogens (tertiary/aromatic N) is 4. The molecule has 1 aliphatic heterocycles. The van der Waals surface area contributed by atoms with Gasteiger partial charge in [-0.1, -0.05) is 19.1 Å². The molecule has 0 unspecified atom stereocenters. The van der Waals surface area contributed by atoms with E-state index in [2.05, 4.69) is 26.8 Å².